The van der Waals surface area contributed by atoms with Crippen LogP contribution in [0.15, 0.2) is 12.3 Å². The first-order valence-electron chi connectivity index (χ1n) is 6.81. The summed E-state index contributed by atoms with van der Waals surface area (Å²) in [6.45, 7) is 8.67. The van der Waals surface area contributed by atoms with Crippen LogP contribution in [0.1, 0.15) is 43.7 Å². The van der Waals surface area contributed by atoms with Gasteiger partial charge in [-0.3, -0.25) is 9.78 Å². The molecule has 6 heteroatoms. The smallest absolute Gasteiger partial charge is 0.399 e. The molecule has 1 saturated heterocycles. The molecule has 0 N–H and O–H groups in total. The first-order chi connectivity index (χ1) is 9.21. The van der Waals surface area contributed by atoms with Crippen molar-refractivity contribution in [2.45, 2.75) is 45.4 Å². The monoisotopic (exact) mass is 274 g/mol. The Morgan fingerprint density at radius 1 is 1.25 bits per heavy atom. The molecule has 0 bridgehead atoms. The Morgan fingerprint density at radius 3 is 2.45 bits per heavy atom. The van der Waals surface area contributed by atoms with Gasteiger partial charge in [-0.2, -0.15) is 0 Å². The summed E-state index contributed by atoms with van der Waals surface area (Å²) in [7, 11) is 1.34. The summed E-state index contributed by atoms with van der Waals surface area (Å²) in [6, 6.07) is 1.96. The number of fused-ring (bicyclic) bond motifs is 1. The van der Waals surface area contributed by atoms with E-state index < -0.39 is 7.12 Å². The highest BCUT2D eigenvalue weighted by Crippen LogP contribution is 2.36. The van der Waals surface area contributed by atoms with E-state index in [2.05, 4.69) is 4.98 Å². The third-order valence-corrected chi connectivity index (χ3v) is 4.47. The van der Waals surface area contributed by atoms with Crippen LogP contribution in [0.4, 0.5) is 0 Å². The quantitative estimate of drug-likeness (QED) is 0.716. The minimum Gasteiger partial charge on any atom is -0.399 e. The van der Waals surface area contributed by atoms with Crippen LogP contribution in [0, 0.1) is 0 Å². The lowest BCUT2D eigenvalue weighted by Gasteiger charge is -2.32. The fourth-order valence-electron chi connectivity index (χ4n) is 2.46. The van der Waals surface area contributed by atoms with Gasteiger partial charge >= 0.3 is 7.12 Å². The van der Waals surface area contributed by atoms with E-state index in [1.54, 1.807) is 18.1 Å². The molecule has 0 aromatic carbocycles. The van der Waals surface area contributed by atoms with E-state index in [1.807, 2.05) is 33.8 Å². The van der Waals surface area contributed by atoms with Gasteiger partial charge in [0.2, 0.25) is 0 Å². The summed E-state index contributed by atoms with van der Waals surface area (Å²) >= 11 is 0. The number of pyridine rings is 1. The third-order valence-electron chi connectivity index (χ3n) is 4.47. The molecule has 0 radical (unpaired) electrons. The average Bonchev–Trinajstić information content (AvgIpc) is 2.74. The van der Waals surface area contributed by atoms with Crippen molar-refractivity contribution in [1.29, 1.82) is 0 Å². The lowest BCUT2D eigenvalue weighted by Crippen LogP contribution is -2.41. The van der Waals surface area contributed by atoms with Gasteiger partial charge in [-0.05, 0) is 27.7 Å². The normalized spacial score (nSPS) is 23.4. The molecular weight excluding hydrogens is 255 g/mol. The molecule has 0 spiro atoms. The summed E-state index contributed by atoms with van der Waals surface area (Å²) in [5.74, 6) is -0.0273. The molecule has 2 aliphatic heterocycles. The van der Waals surface area contributed by atoms with E-state index in [1.165, 1.54) is 0 Å². The standard InChI is InChI=1S/C14H19BN2O3/c1-13(2)14(3,4)20-15(19-13)10-6-9-8-17(5)12(18)11(9)16-7-10/h6-7H,8H2,1-5H3. The van der Waals surface area contributed by atoms with Crippen LogP contribution in [0.3, 0.4) is 0 Å². The van der Waals surface area contributed by atoms with Crippen LogP contribution in [-0.2, 0) is 15.9 Å². The molecule has 1 aromatic heterocycles. The molecular formula is C14H19BN2O3. The zero-order valence-corrected chi connectivity index (χ0v) is 12.6. The van der Waals surface area contributed by atoms with Crippen molar-refractivity contribution in [3.05, 3.63) is 23.5 Å². The summed E-state index contributed by atoms with van der Waals surface area (Å²) in [5.41, 5.74) is 1.59. The molecule has 20 heavy (non-hydrogen) atoms. The molecule has 5 nitrogen and oxygen atoms in total. The fourth-order valence-corrected chi connectivity index (χ4v) is 2.46. The third kappa shape index (κ3) is 1.86. The molecule has 1 aromatic rings. The van der Waals surface area contributed by atoms with Gasteiger partial charge in [-0.15, -0.1) is 0 Å². The Morgan fingerprint density at radius 2 is 1.85 bits per heavy atom. The Labute approximate surface area is 119 Å². The number of carbonyl (C=O) groups is 1. The molecule has 3 rings (SSSR count). The first-order valence-corrected chi connectivity index (χ1v) is 6.81. The molecule has 0 aliphatic carbocycles. The molecule has 106 valence electrons. The maximum atomic E-state index is 11.8. The number of amides is 1. The Bertz CT molecular complexity index is 570. The predicted octanol–water partition coefficient (Wildman–Crippen LogP) is 0.966. The van der Waals surface area contributed by atoms with Gasteiger partial charge in [0.15, 0.2) is 0 Å². The van der Waals surface area contributed by atoms with Crippen molar-refractivity contribution in [3.8, 4) is 0 Å². The van der Waals surface area contributed by atoms with Crippen molar-refractivity contribution < 1.29 is 14.1 Å². The van der Waals surface area contributed by atoms with Gasteiger partial charge in [-0.1, -0.05) is 6.07 Å². The van der Waals surface area contributed by atoms with E-state index in [-0.39, 0.29) is 17.1 Å². The number of carbonyl (C=O) groups excluding carboxylic acids is 1. The Kier molecular flexibility index (Phi) is 2.75. The van der Waals surface area contributed by atoms with Crippen LogP contribution >= 0.6 is 0 Å². The Balaban J connectivity index is 1.91. The van der Waals surface area contributed by atoms with Crippen molar-refractivity contribution in [3.63, 3.8) is 0 Å². The molecule has 3 heterocycles. The van der Waals surface area contributed by atoms with Crippen LogP contribution in [0.25, 0.3) is 0 Å². The summed E-state index contributed by atoms with van der Waals surface area (Å²) < 4.78 is 12.0. The van der Waals surface area contributed by atoms with E-state index in [0.29, 0.717) is 12.2 Å². The first kappa shape index (κ1) is 13.6. The summed E-state index contributed by atoms with van der Waals surface area (Å²) in [6.07, 6.45) is 1.68. The maximum Gasteiger partial charge on any atom is 0.496 e. The second-order valence-corrected chi connectivity index (χ2v) is 6.53. The van der Waals surface area contributed by atoms with Gasteiger partial charge in [0.25, 0.3) is 5.91 Å². The highest BCUT2D eigenvalue weighted by atomic mass is 16.7. The van der Waals surface area contributed by atoms with Crippen molar-refractivity contribution in [1.82, 2.24) is 9.88 Å². The van der Waals surface area contributed by atoms with Crippen LogP contribution in [-0.4, -0.2) is 41.2 Å². The van der Waals surface area contributed by atoms with E-state index in [4.69, 9.17) is 9.31 Å². The SMILES string of the molecule is CN1Cc2cc(B3OC(C)(C)C(C)(C)O3)cnc2C1=O. The molecule has 0 unspecified atom stereocenters. The van der Waals surface area contributed by atoms with Gasteiger partial charge in [0, 0.05) is 30.8 Å². The topological polar surface area (TPSA) is 51.7 Å². The van der Waals surface area contributed by atoms with Crippen LogP contribution in [0.2, 0.25) is 0 Å². The Hall–Kier alpha value is -1.40. The van der Waals surface area contributed by atoms with Gasteiger partial charge in [-0.25, -0.2) is 0 Å². The lowest BCUT2D eigenvalue weighted by molar-refractivity contribution is 0.00578. The van der Waals surface area contributed by atoms with Crippen molar-refractivity contribution >= 4 is 18.5 Å². The maximum absolute atomic E-state index is 11.8. The summed E-state index contributed by atoms with van der Waals surface area (Å²) in [4.78, 5) is 17.8. The number of rotatable bonds is 1. The number of nitrogens with zero attached hydrogens (tertiary/aromatic N) is 2. The number of hydrogen-bond donors (Lipinski definition) is 0. The highest BCUT2D eigenvalue weighted by molar-refractivity contribution is 6.62. The molecule has 2 aliphatic rings. The van der Waals surface area contributed by atoms with Gasteiger partial charge < -0.3 is 14.2 Å². The van der Waals surface area contributed by atoms with Crippen LogP contribution < -0.4 is 5.46 Å². The lowest BCUT2D eigenvalue weighted by atomic mass is 9.79. The fraction of sp³-hybridized carbons (Fsp3) is 0.571. The van der Waals surface area contributed by atoms with E-state index in [0.717, 1.165) is 11.0 Å². The largest absolute Gasteiger partial charge is 0.496 e. The van der Waals surface area contributed by atoms with E-state index in [9.17, 15) is 4.79 Å². The molecule has 1 fully saturated rings. The van der Waals surface area contributed by atoms with E-state index >= 15 is 0 Å². The molecule has 0 atom stereocenters. The molecule has 1 amide bonds. The van der Waals surface area contributed by atoms with Crippen molar-refractivity contribution in [2.75, 3.05) is 7.05 Å². The average molecular weight is 274 g/mol. The van der Waals surface area contributed by atoms with Gasteiger partial charge in [0.05, 0.1) is 11.2 Å². The second-order valence-electron chi connectivity index (χ2n) is 6.53. The minimum atomic E-state index is -0.432. The predicted molar refractivity (Wildman–Crippen MR) is 75.8 cm³/mol. The zero-order valence-electron chi connectivity index (χ0n) is 12.6. The highest BCUT2D eigenvalue weighted by Gasteiger charge is 2.52. The zero-order chi connectivity index (χ0) is 14.7. The summed E-state index contributed by atoms with van der Waals surface area (Å²) in [5, 5.41) is 0. The van der Waals surface area contributed by atoms with Gasteiger partial charge in [0.1, 0.15) is 5.69 Å². The van der Waals surface area contributed by atoms with Crippen LogP contribution in [0.5, 0.6) is 0 Å². The minimum absolute atomic E-state index is 0.0273. The van der Waals surface area contributed by atoms with Crippen molar-refractivity contribution in [2.24, 2.45) is 0 Å². The number of hydrogen-bond acceptors (Lipinski definition) is 4. The second kappa shape index (κ2) is 4.05. The number of aromatic nitrogens is 1. The molecule has 0 saturated carbocycles.